The van der Waals surface area contributed by atoms with Crippen molar-refractivity contribution in [3.8, 4) is 0 Å². The van der Waals surface area contributed by atoms with Crippen molar-refractivity contribution >= 4 is 15.9 Å². The van der Waals surface area contributed by atoms with Gasteiger partial charge in [0.2, 0.25) is 0 Å². The third kappa shape index (κ3) is 4.70. The van der Waals surface area contributed by atoms with E-state index in [-0.39, 0.29) is 6.04 Å². The van der Waals surface area contributed by atoms with Crippen molar-refractivity contribution in [1.29, 1.82) is 0 Å². The molecule has 0 aliphatic heterocycles. The molecule has 15 heavy (non-hydrogen) atoms. The predicted octanol–water partition coefficient (Wildman–Crippen LogP) is 0.780. The van der Waals surface area contributed by atoms with Gasteiger partial charge >= 0.3 is 0 Å². The lowest BCUT2D eigenvalue weighted by molar-refractivity contribution is 0.337. The molecule has 1 aromatic rings. The van der Waals surface area contributed by atoms with Crippen LogP contribution >= 0.6 is 15.9 Å². The second-order valence-corrected chi connectivity index (χ2v) is 4.71. The van der Waals surface area contributed by atoms with Gasteiger partial charge in [0.05, 0.1) is 0 Å². The van der Waals surface area contributed by atoms with E-state index in [0.717, 1.165) is 23.1 Å². The van der Waals surface area contributed by atoms with Crippen LogP contribution < -0.4 is 11.3 Å². The van der Waals surface area contributed by atoms with E-state index in [1.807, 2.05) is 26.2 Å². The van der Waals surface area contributed by atoms with Crippen molar-refractivity contribution < 1.29 is 0 Å². The number of hydrogen-bond donors (Lipinski definition) is 2. The summed E-state index contributed by atoms with van der Waals surface area (Å²) in [6, 6.07) is 4.23. The van der Waals surface area contributed by atoms with Crippen LogP contribution in [0.5, 0.6) is 0 Å². The van der Waals surface area contributed by atoms with Gasteiger partial charge in [-0.15, -0.1) is 0 Å². The molecule has 1 atom stereocenters. The summed E-state index contributed by atoms with van der Waals surface area (Å²) in [5.41, 5.74) is 3.85. The average molecular weight is 273 g/mol. The lowest BCUT2D eigenvalue weighted by atomic mass is 10.1. The fourth-order valence-corrected chi connectivity index (χ4v) is 1.63. The molecule has 1 rings (SSSR count). The summed E-state index contributed by atoms with van der Waals surface area (Å²) in [5.74, 6) is 5.49. The number of rotatable bonds is 5. The van der Waals surface area contributed by atoms with Crippen LogP contribution in [0.25, 0.3) is 0 Å². The van der Waals surface area contributed by atoms with E-state index in [1.54, 1.807) is 6.20 Å². The smallest absolute Gasteiger partial charge is 0.0421 e. The molecule has 3 N–H and O–H groups in total. The highest BCUT2D eigenvalue weighted by Gasteiger charge is 2.09. The van der Waals surface area contributed by atoms with Gasteiger partial charge in [0.25, 0.3) is 0 Å². The quantitative estimate of drug-likeness (QED) is 0.615. The van der Waals surface area contributed by atoms with Gasteiger partial charge in [0.15, 0.2) is 0 Å². The molecule has 5 heteroatoms. The molecule has 0 aliphatic carbocycles. The van der Waals surface area contributed by atoms with Crippen LogP contribution in [0, 0.1) is 0 Å². The molecule has 0 aliphatic rings. The molecular weight excluding hydrogens is 256 g/mol. The SMILES string of the molecule is CN(C)CC(Cc1ccc(Br)cn1)NN. The molecular formula is C10H17BrN4. The highest BCUT2D eigenvalue weighted by Crippen LogP contribution is 2.08. The maximum Gasteiger partial charge on any atom is 0.0421 e. The monoisotopic (exact) mass is 272 g/mol. The minimum Gasteiger partial charge on any atom is -0.308 e. The number of likely N-dealkylation sites (N-methyl/N-ethyl adjacent to an activating group) is 1. The Bertz CT molecular complexity index is 286. The van der Waals surface area contributed by atoms with Gasteiger partial charge in [0.1, 0.15) is 0 Å². The molecule has 0 saturated heterocycles. The zero-order valence-electron chi connectivity index (χ0n) is 9.07. The molecule has 0 spiro atoms. The molecule has 0 aromatic carbocycles. The second-order valence-electron chi connectivity index (χ2n) is 3.80. The number of pyridine rings is 1. The van der Waals surface area contributed by atoms with Crippen LogP contribution in [0.2, 0.25) is 0 Å². The Labute approximate surface area is 99.0 Å². The van der Waals surface area contributed by atoms with E-state index < -0.39 is 0 Å². The van der Waals surface area contributed by atoms with Gasteiger partial charge in [0, 0.05) is 35.4 Å². The summed E-state index contributed by atoms with van der Waals surface area (Å²) in [4.78, 5) is 6.41. The number of nitrogens with one attached hydrogen (secondary N) is 1. The Hall–Kier alpha value is -0.490. The Morgan fingerprint density at radius 3 is 2.73 bits per heavy atom. The van der Waals surface area contributed by atoms with Gasteiger partial charge in [-0.25, -0.2) is 0 Å². The lowest BCUT2D eigenvalue weighted by Crippen LogP contribution is -2.43. The van der Waals surface area contributed by atoms with Crippen molar-refractivity contribution in [1.82, 2.24) is 15.3 Å². The first kappa shape index (κ1) is 12.6. The number of nitrogens with zero attached hydrogens (tertiary/aromatic N) is 2. The summed E-state index contributed by atoms with van der Waals surface area (Å²) in [6.45, 7) is 0.897. The first-order valence-corrected chi connectivity index (χ1v) is 5.62. The number of halogens is 1. The van der Waals surface area contributed by atoms with Crippen molar-refractivity contribution in [3.05, 3.63) is 28.5 Å². The molecule has 1 unspecified atom stereocenters. The molecule has 4 nitrogen and oxygen atoms in total. The van der Waals surface area contributed by atoms with Crippen LogP contribution in [-0.2, 0) is 6.42 Å². The van der Waals surface area contributed by atoms with Crippen LogP contribution in [0.15, 0.2) is 22.8 Å². The summed E-state index contributed by atoms with van der Waals surface area (Å²) in [7, 11) is 4.05. The molecule has 0 saturated carbocycles. The van der Waals surface area contributed by atoms with Crippen molar-refractivity contribution in [2.24, 2.45) is 5.84 Å². The summed E-state index contributed by atoms with van der Waals surface area (Å²) < 4.78 is 0.996. The van der Waals surface area contributed by atoms with Crippen LogP contribution in [0.1, 0.15) is 5.69 Å². The van der Waals surface area contributed by atoms with E-state index in [9.17, 15) is 0 Å². The van der Waals surface area contributed by atoms with Gasteiger partial charge in [-0.2, -0.15) is 0 Å². The largest absolute Gasteiger partial charge is 0.308 e. The first-order valence-electron chi connectivity index (χ1n) is 4.83. The highest BCUT2D eigenvalue weighted by molar-refractivity contribution is 9.10. The van der Waals surface area contributed by atoms with E-state index in [0.29, 0.717) is 0 Å². The summed E-state index contributed by atoms with van der Waals surface area (Å²) in [6.07, 6.45) is 2.64. The van der Waals surface area contributed by atoms with Crippen molar-refractivity contribution in [2.75, 3.05) is 20.6 Å². The molecule has 0 bridgehead atoms. The number of hydrazine groups is 1. The second kappa shape index (κ2) is 6.17. The third-order valence-corrected chi connectivity index (χ3v) is 2.53. The molecule has 1 heterocycles. The zero-order valence-corrected chi connectivity index (χ0v) is 10.7. The van der Waals surface area contributed by atoms with Gasteiger partial charge in [-0.1, -0.05) is 0 Å². The number of aromatic nitrogens is 1. The fourth-order valence-electron chi connectivity index (χ4n) is 1.40. The van der Waals surface area contributed by atoms with E-state index in [1.165, 1.54) is 0 Å². The topological polar surface area (TPSA) is 54.2 Å². The lowest BCUT2D eigenvalue weighted by Gasteiger charge is -2.19. The Balaban J connectivity index is 2.54. The highest BCUT2D eigenvalue weighted by atomic mass is 79.9. The van der Waals surface area contributed by atoms with Crippen LogP contribution in [0.4, 0.5) is 0 Å². The number of hydrogen-bond acceptors (Lipinski definition) is 4. The third-order valence-electron chi connectivity index (χ3n) is 2.07. The predicted molar refractivity (Wildman–Crippen MR) is 65.3 cm³/mol. The van der Waals surface area contributed by atoms with E-state index in [4.69, 9.17) is 5.84 Å². The van der Waals surface area contributed by atoms with Gasteiger partial charge in [-0.3, -0.25) is 16.3 Å². The minimum atomic E-state index is 0.230. The van der Waals surface area contributed by atoms with Crippen molar-refractivity contribution in [2.45, 2.75) is 12.5 Å². The van der Waals surface area contributed by atoms with Gasteiger partial charge < -0.3 is 4.90 Å². The standard InChI is InChI=1S/C10H17BrN4/c1-15(2)7-10(14-12)5-9-4-3-8(11)6-13-9/h3-4,6,10,14H,5,7,12H2,1-2H3. The van der Waals surface area contributed by atoms with Gasteiger partial charge in [-0.05, 0) is 42.2 Å². The Kier molecular flexibility index (Phi) is 5.17. The van der Waals surface area contributed by atoms with Crippen LogP contribution in [0.3, 0.4) is 0 Å². The Morgan fingerprint density at radius 1 is 1.53 bits per heavy atom. The molecule has 1 aromatic heterocycles. The molecule has 0 fully saturated rings. The average Bonchev–Trinajstić information content (AvgIpc) is 2.19. The van der Waals surface area contributed by atoms with Crippen LogP contribution in [-0.4, -0.2) is 36.6 Å². The van der Waals surface area contributed by atoms with E-state index >= 15 is 0 Å². The van der Waals surface area contributed by atoms with Crippen molar-refractivity contribution in [3.63, 3.8) is 0 Å². The maximum atomic E-state index is 5.49. The normalized spacial score (nSPS) is 13.1. The maximum absolute atomic E-state index is 5.49. The zero-order chi connectivity index (χ0) is 11.3. The Morgan fingerprint density at radius 2 is 2.27 bits per heavy atom. The summed E-state index contributed by atoms with van der Waals surface area (Å²) >= 11 is 3.36. The molecule has 0 amide bonds. The number of nitrogens with two attached hydrogens (primary N) is 1. The summed E-state index contributed by atoms with van der Waals surface area (Å²) in [5, 5.41) is 0. The molecule has 84 valence electrons. The molecule has 0 radical (unpaired) electrons. The van der Waals surface area contributed by atoms with E-state index in [2.05, 4.69) is 31.2 Å². The fraction of sp³-hybridized carbons (Fsp3) is 0.500. The first-order chi connectivity index (χ1) is 7.11. The minimum absolute atomic E-state index is 0.230.